The van der Waals surface area contributed by atoms with Gasteiger partial charge in [-0.3, -0.25) is 0 Å². The smallest absolute Gasteiger partial charge is 0.305 e. The lowest BCUT2D eigenvalue weighted by molar-refractivity contribution is -0.109. The molecule has 0 radical (unpaired) electrons. The second kappa shape index (κ2) is 4.61. The summed E-state index contributed by atoms with van der Waals surface area (Å²) in [6.45, 7) is 0. The Kier molecular flexibility index (Phi) is 4.11. The maximum Gasteiger partial charge on any atom is 0.305 e. The molecule has 58 valence electrons. The van der Waals surface area contributed by atoms with Crippen LogP contribution in [0.5, 0.6) is 0 Å². The highest BCUT2D eigenvalue weighted by Gasteiger charge is 2.18. The summed E-state index contributed by atoms with van der Waals surface area (Å²) in [5, 5.41) is 0. The molecular formula is C7H7ClN2O. The van der Waals surface area contributed by atoms with Crippen LogP contribution in [-0.2, 0) is 4.79 Å². The van der Waals surface area contributed by atoms with Crippen LogP contribution in [0.1, 0.15) is 0 Å². The second-order valence-corrected chi connectivity index (χ2v) is 1.93. The van der Waals surface area contributed by atoms with Crippen molar-refractivity contribution in [3.05, 3.63) is 29.8 Å². The second-order valence-electron chi connectivity index (χ2n) is 1.93. The zero-order valence-electron chi connectivity index (χ0n) is 5.68. The molecule has 1 aliphatic rings. The van der Waals surface area contributed by atoms with E-state index in [1.807, 2.05) is 0 Å². The normalized spacial score (nSPS) is 20.4. The van der Waals surface area contributed by atoms with Crippen molar-refractivity contribution in [1.29, 1.82) is 0 Å². The first-order valence-corrected chi connectivity index (χ1v) is 2.90. The maximum absolute atomic E-state index is 10.3. The van der Waals surface area contributed by atoms with Gasteiger partial charge in [-0.05, 0) is 0 Å². The summed E-state index contributed by atoms with van der Waals surface area (Å²) in [6.07, 6.45) is 7.46. The van der Waals surface area contributed by atoms with Crippen LogP contribution in [0.2, 0.25) is 0 Å². The first kappa shape index (κ1) is 9.82. The molecule has 0 heterocycles. The highest BCUT2D eigenvalue weighted by atomic mass is 35.5. The molecule has 0 spiro atoms. The number of hydrogen-bond acceptors (Lipinski definition) is 1. The van der Waals surface area contributed by atoms with E-state index in [4.69, 9.17) is 5.53 Å². The molecule has 1 aliphatic carbocycles. The van der Waals surface area contributed by atoms with Gasteiger partial charge in [0.05, 0.1) is 0 Å². The van der Waals surface area contributed by atoms with Crippen molar-refractivity contribution in [2.45, 2.75) is 0 Å². The summed E-state index contributed by atoms with van der Waals surface area (Å²) in [4.78, 5) is 13.2. The van der Waals surface area contributed by atoms with Gasteiger partial charge in [-0.1, -0.05) is 18.2 Å². The van der Waals surface area contributed by atoms with Crippen molar-refractivity contribution in [3.63, 3.8) is 0 Å². The first-order valence-electron chi connectivity index (χ1n) is 2.90. The van der Waals surface area contributed by atoms with Gasteiger partial charge in [0.25, 0.3) is 0 Å². The Balaban J connectivity index is 0.000001000. The molecule has 0 bridgehead atoms. The minimum Gasteiger partial charge on any atom is -0.361 e. The molecule has 0 aliphatic heterocycles. The van der Waals surface area contributed by atoms with Gasteiger partial charge in [0, 0.05) is 6.08 Å². The van der Waals surface area contributed by atoms with Crippen molar-refractivity contribution in [2.75, 3.05) is 0 Å². The summed E-state index contributed by atoms with van der Waals surface area (Å²) in [5.74, 6) is -0.380. The molecule has 0 amide bonds. The Morgan fingerprint density at radius 2 is 2.27 bits per heavy atom. The SMILES string of the molecule is Cl.[N-]=[N+]=C1C=CC=CC1C=O. The molecule has 4 heteroatoms. The standard InChI is InChI=1S/C7H6N2O.ClH/c8-9-7-4-2-1-3-6(7)5-10;/h1-6H;1H. The molecule has 0 fully saturated rings. The molecule has 0 N–H and O–H groups in total. The molecule has 0 aromatic rings. The third-order valence-electron chi connectivity index (χ3n) is 1.30. The van der Waals surface area contributed by atoms with E-state index in [-0.39, 0.29) is 18.3 Å². The topological polar surface area (TPSA) is 53.5 Å². The van der Waals surface area contributed by atoms with E-state index >= 15 is 0 Å². The summed E-state index contributed by atoms with van der Waals surface area (Å²) in [7, 11) is 0. The van der Waals surface area contributed by atoms with Crippen LogP contribution >= 0.6 is 12.4 Å². The molecule has 0 saturated carbocycles. The quantitative estimate of drug-likeness (QED) is 0.329. The van der Waals surface area contributed by atoms with Crippen LogP contribution in [0.25, 0.3) is 5.53 Å². The minimum atomic E-state index is -0.380. The predicted molar refractivity (Wildman–Crippen MR) is 43.7 cm³/mol. The van der Waals surface area contributed by atoms with Crippen molar-refractivity contribution in [2.24, 2.45) is 5.92 Å². The maximum atomic E-state index is 10.3. The zero-order chi connectivity index (χ0) is 7.40. The largest absolute Gasteiger partial charge is 0.361 e. The number of aldehydes is 1. The Morgan fingerprint density at radius 3 is 2.73 bits per heavy atom. The lowest BCUT2D eigenvalue weighted by Crippen LogP contribution is -2.13. The monoisotopic (exact) mass is 170 g/mol. The average molecular weight is 171 g/mol. The van der Waals surface area contributed by atoms with Gasteiger partial charge in [-0.2, -0.15) is 4.79 Å². The fourth-order valence-electron chi connectivity index (χ4n) is 0.763. The number of hydrogen-bond donors (Lipinski definition) is 0. The van der Waals surface area contributed by atoms with E-state index in [0.29, 0.717) is 5.71 Å². The van der Waals surface area contributed by atoms with Crippen molar-refractivity contribution < 1.29 is 9.58 Å². The summed E-state index contributed by atoms with van der Waals surface area (Å²) in [5.41, 5.74) is 8.72. The highest BCUT2D eigenvalue weighted by Crippen LogP contribution is 2.03. The summed E-state index contributed by atoms with van der Waals surface area (Å²) in [6, 6.07) is 0. The number of allylic oxidation sites excluding steroid dienone is 4. The van der Waals surface area contributed by atoms with Crippen LogP contribution < -0.4 is 0 Å². The zero-order valence-corrected chi connectivity index (χ0v) is 6.49. The third-order valence-corrected chi connectivity index (χ3v) is 1.30. The van der Waals surface area contributed by atoms with Crippen LogP contribution in [0.3, 0.4) is 0 Å². The number of carbonyl (C=O) groups excluding carboxylic acids is 1. The molecule has 3 nitrogen and oxygen atoms in total. The molecule has 1 atom stereocenters. The lowest BCUT2D eigenvalue weighted by Gasteiger charge is -1.96. The molecule has 1 rings (SSSR count). The number of carbonyl (C=O) groups is 1. The Bertz CT molecular complexity index is 251. The molecule has 1 unspecified atom stereocenters. The Hall–Kier alpha value is -1.18. The van der Waals surface area contributed by atoms with Gasteiger partial charge in [-0.25, -0.2) is 0 Å². The summed E-state index contributed by atoms with van der Waals surface area (Å²) >= 11 is 0. The van der Waals surface area contributed by atoms with Gasteiger partial charge < -0.3 is 10.3 Å². The van der Waals surface area contributed by atoms with Crippen molar-refractivity contribution in [3.8, 4) is 0 Å². The molecule has 0 aromatic carbocycles. The van der Waals surface area contributed by atoms with E-state index in [0.717, 1.165) is 6.29 Å². The minimum absolute atomic E-state index is 0. The number of halogens is 1. The predicted octanol–water partition coefficient (Wildman–Crippen LogP) is 1.02. The molecule has 0 aromatic heterocycles. The molecular weight excluding hydrogens is 164 g/mol. The first-order chi connectivity index (χ1) is 4.88. The van der Waals surface area contributed by atoms with Crippen molar-refractivity contribution in [1.82, 2.24) is 0 Å². The highest BCUT2D eigenvalue weighted by molar-refractivity contribution is 6.03. The van der Waals surface area contributed by atoms with E-state index < -0.39 is 0 Å². The van der Waals surface area contributed by atoms with Gasteiger partial charge in [0.15, 0.2) is 0 Å². The van der Waals surface area contributed by atoms with Gasteiger partial charge in [0.2, 0.25) is 0 Å². The number of rotatable bonds is 1. The van der Waals surface area contributed by atoms with Gasteiger partial charge >= 0.3 is 5.71 Å². The third kappa shape index (κ3) is 2.15. The van der Waals surface area contributed by atoms with Gasteiger partial charge in [-0.15, -0.1) is 12.4 Å². The lowest BCUT2D eigenvalue weighted by atomic mass is 10.0. The van der Waals surface area contributed by atoms with Crippen LogP contribution in [0, 0.1) is 5.92 Å². The molecule has 11 heavy (non-hydrogen) atoms. The molecule has 0 saturated heterocycles. The summed E-state index contributed by atoms with van der Waals surface area (Å²) < 4.78 is 0. The van der Waals surface area contributed by atoms with E-state index in [2.05, 4.69) is 4.79 Å². The van der Waals surface area contributed by atoms with E-state index in [9.17, 15) is 4.79 Å². The van der Waals surface area contributed by atoms with Gasteiger partial charge in [0.1, 0.15) is 12.2 Å². The number of nitrogens with zero attached hydrogens (tertiary/aromatic N) is 2. The van der Waals surface area contributed by atoms with E-state index in [1.165, 1.54) is 0 Å². The fraction of sp³-hybridized carbons (Fsp3) is 0.143. The van der Waals surface area contributed by atoms with Crippen LogP contribution in [0.4, 0.5) is 0 Å². The fourth-order valence-corrected chi connectivity index (χ4v) is 0.763. The Morgan fingerprint density at radius 1 is 1.55 bits per heavy atom. The van der Waals surface area contributed by atoms with Crippen LogP contribution in [-0.4, -0.2) is 16.8 Å². The average Bonchev–Trinajstić information content (AvgIpc) is 2.04. The van der Waals surface area contributed by atoms with E-state index in [1.54, 1.807) is 24.3 Å². The van der Waals surface area contributed by atoms with Crippen molar-refractivity contribution >= 4 is 24.4 Å². The van der Waals surface area contributed by atoms with Crippen LogP contribution in [0.15, 0.2) is 24.3 Å². The Labute approximate surface area is 70.4 Å².